The normalized spacial score (nSPS) is 20.4. The lowest BCUT2D eigenvalue weighted by Crippen LogP contribution is -2.41. The van der Waals surface area contributed by atoms with E-state index in [1.165, 1.54) is 5.56 Å². The number of nitrogens with zero attached hydrogens (tertiary/aromatic N) is 3. The standard InChI is InChI=1S/C20H27N5O3/c26-20(17-2-1-8-21-17)22-9-7-18-23-19(24-28-18)16-5-3-15(4-6-16)14-25-10-12-27-13-11-25/h3-6,17,21H,1-2,7-14H2,(H,22,26). The highest BCUT2D eigenvalue weighted by atomic mass is 16.5. The van der Waals surface area contributed by atoms with E-state index in [2.05, 4.69) is 37.8 Å². The Labute approximate surface area is 164 Å². The third kappa shape index (κ3) is 4.95. The molecular formula is C20H27N5O3. The Bertz CT molecular complexity index is 764. The van der Waals surface area contributed by atoms with Crippen LogP contribution < -0.4 is 10.6 Å². The summed E-state index contributed by atoms with van der Waals surface area (Å²) in [5.41, 5.74) is 2.19. The highest BCUT2D eigenvalue weighted by Crippen LogP contribution is 2.18. The first-order chi connectivity index (χ1) is 13.8. The number of carbonyl (C=O) groups is 1. The fourth-order valence-electron chi connectivity index (χ4n) is 3.57. The molecule has 1 aromatic heterocycles. The SMILES string of the molecule is O=C(NCCc1nc(-c2ccc(CN3CCOCC3)cc2)no1)C1CCCN1. The molecule has 0 saturated carbocycles. The average molecular weight is 385 g/mol. The zero-order chi connectivity index (χ0) is 19.2. The van der Waals surface area contributed by atoms with Crippen molar-refractivity contribution >= 4 is 5.91 Å². The van der Waals surface area contributed by atoms with E-state index in [4.69, 9.17) is 9.26 Å². The number of amides is 1. The number of morpholine rings is 1. The summed E-state index contributed by atoms with van der Waals surface area (Å²) < 4.78 is 10.7. The molecule has 8 heteroatoms. The average Bonchev–Trinajstić information content (AvgIpc) is 3.42. The fraction of sp³-hybridized carbons (Fsp3) is 0.550. The van der Waals surface area contributed by atoms with Gasteiger partial charge in [0.05, 0.1) is 19.3 Å². The summed E-state index contributed by atoms with van der Waals surface area (Å²) in [6.07, 6.45) is 2.48. The molecule has 1 unspecified atom stereocenters. The molecule has 2 aromatic rings. The van der Waals surface area contributed by atoms with Crippen LogP contribution in [0.15, 0.2) is 28.8 Å². The number of ether oxygens (including phenoxy) is 1. The van der Waals surface area contributed by atoms with Gasteiger partial charge in [-0.15, -0.1) is 0 Å². The van der Waals surface area contributed by atoms with Crippen molar-refractivity contribution in [1.29, 1.82) is 0 Å². The minimum atomic E-state index is -0.0609. The molecule has 150 valence electrons. The summed E-state index contributed by atoms with van der Waals surface area (Å²) >= 11 is 0. The van der Waals surface area contributed by atoms with Gasteiger partial charge in [0.15, 0.2) is 0 Å². The molecule has 1 aromatic carbocycles. The highest BCUT2D eigenvalue weighted by Gasteiger charge is 2.21. The van der Waals surface area contributed by atoms with Gasteiger partial charge in [0.1, 0.15) is 0 Å². The summed E-state index contributed by atoms with van der Waals surface area (Å²) in [5.74, 6) is 1.16. The molecule has 4 rings (SSSR count). The summed E-state index contributed by atoms with van der Waals surface area (Å²) in [7, 11) is 0. The van der Waals surface area contributed by atoms with Crippen LogP contribution in [0.1, 0.15) is 24.3 Å². The van der Waals surface area contributed by atoms with E-state index in [0.29, 0.717) is 24.7 Å². The zero-order valence-corrected chi connectivity index (χ0v) is 16.0. The molecule has 28 heavy (non-hydrogen) atoms. The van der Waals surface area contributed by atoms with Crippen LogP contribution in [-0.2, 0) is 22.5 Å². The van der Waals surface area contributed by atoms with E-state index in [9.17, 15) is 4.79 Å². The molecule has 0 radical (unpaired) electrons. The molecule has 2 saturated heterocycles. The number of rotatable bonds is 7. The van der Waals surface area contributed by atoms with Crippen LogP contribution in [0.3, 0.4) is 0 Å². The Balaban J connectivity index is 1.26. The van der Waals surface area contributed by atoms with Gasteiger partial charge in [0, 0.05) is 38.2 Å². The van der Waals surface area contributed by atoms with Crippen molar-refractivity contribution in [1.82, 2.24) is 25.7 Å². The summed E-state index contributed by atoms with van der Waals surface area (Å²) in [6, 6.07) is 8.20. The Kier molecular flexibility index (Phi) is 6.31. The zero-order valence-electron chi connectivity index (χ0n) is 16.0. The van der Waals surface area contributed by atoms with Crippen molar-refractivity contribution in [2.45, 2.75) is 31.8 Å². The van der Waals surface area contributed by atoms with Crippen LogP contribution in [0.5, 0.6) is 0 Å². The fourth-order valence-corrected chi connectivity index (χ4v) is 3.57. The summed E-state index contributed by atoms with van der Waals surface area (Å²) in [5, 5.41) is 10.2. The molecule has 3 heterocycles. The van der Waals surface area contributed by atoms with Crippen LogP contribution in [0.4, 0.5) is 0 Å². The predicted molar refractivity (Wildman–Crippen MR) is 104 cm³/mol. The molecule has 1 amide bonds. The third-order valence-electron chi connectivity index (χ3n) is 5.21. The van der Waals surface area contributed by atoms with Crippen molar-refractivity contribution in [3.05, 3.63) is 35.7 Å². The quantitative estimate of drug-likeness (QED) is 0.734. The van der Waals surface area contributed by atoms with Crippen LogP contribution >= 0.6 is 0 Å². The molecular weight excluding hydrogens is 358 g/mol. The van der Waals surface area contributed by atoms with Crippen LogP contribution in [0.2, 0.25) is 0 Å². The van der Waals surface area contributed by atoms with E-state index in [-0.39, 0.29) is 11.9 Å². The van der Waals surface area contributed by atoms with Gasteiger partial charge in [0.25, 0.3) is 0 Å². The van der Waals surface area contributed by atoms with Gasteiger partial charge in [0.2, 0.25) is 17.6 Å². The first-order valence-corrected chi connectivity index (χ1v) is 10.0. The molecule has 1 atom stereocenters. The number of benzene rings is 1. The molecule has 2 aliphatic heterocycles. The highest BCUT2D eigenvalue weighted by molar-refractivity contribution is 5.81. The number of aromatic nitrogens is 2. The van der Waals surface area contributed by atoms with E-state index in [1.54, 1.807) is 0 Å². The maximum atomic E-state index is 12.0. The Morgan fingerprint density at radius 3 is 2.82 bits per heavy atom. The van der Waals surface area contributed by atoms with Gasteiger partial charge in [-0.1, -0.05) is 29.4 Å². The minimum absolute atomic E-state index is 0.0492. The van der Waals surface area contributed by atoms with Crippen LogP contribution in [0, 0.1) is 0 Å². The number of nitrogens with one attached hydrogen (secondary N) is 2. The van der Waals surface area contributed by atoms with Gasteiger partial charge in [-0.2, -0.15) is 4.98 Å². The monoisotopic (exact) mass is 385 g/mol. The topological polar surface area (TPSA) is 92.5 Å². The molecule has 0 aliphatic carbocycles. The Morgan fingerprint density at radius 2 is 2.07 bits per heavy atom. The lowest BCUT2D eigenvalue weighted by atomic mass is 10.1. The van der Waals surface area contributed by atoms with Crippen molar-refractivity contribution in [3.63, 3.8) is 0 Å². The van der Waals surface area contributed by atoms with Gasteiger partial charge in [-0.3, -0.25) is 9.69 Å². The smallest absolute Gasteiger partial charge is 0.237 e. The second-order valence-electron chi connectivity index (χ2n) is 7.29. The number of hydrogen-bond acceptors (Lipinski definition) is 7. The van der Waals surface area contributed by atoms with Crippen molar-refractivity contribution < 1.29 is 14.1 Å². The number of carbonyl (C=O) groups excluding carboxylic acids is 1. The lowest BCUT2D eigenvalue weighted by Gasteiger charge is -2.26. The molecule has 0 bridgehead atoms. The Morgan fingerprint density at radius 1 is 1.25 bits per heavy atom. The van der Waals surface area contributed by atoms with E-state index < -0.39 is 0 Å². The van der Waals surface area contributed by atoms with Crippen LogP contribution in [-0.4, -0.2) is 66.4 Å². The van der Waals surface area contributed by atoms with Gasteiger partial charge in [-0.05, 0) is 24.9 Å². The second kappa shape index (κ2) is 9.27. The predicted octanol–water partition coefficient (Wildman–Crippen LogP) is 0.979. The third-order valence-corrected chi connectivity index (χ3v) is 5.21. The van der Waals surface area contributed by atoms with Crippen LogP contribution in [0.25, 0.3) is 11.4 Å². The van der Waals surface area contributed by atoms with Gasteiger partial charge in [-0.25, -0.2) is 0 Å². The molecule has 2 aliphatic rings. The van der Waals surface area contributed by atoms with E-state index in [1.807, 2.05) is 12.1 Å². The van der Waals surface area contributed by atoms with Crippen molar-refractivity contribution in [3.8, 4) is 11.4 Å². The minimum Gasteiger partial charge on any atom is -0.379 e. The van der Waals surface area contributed by atoms with Crippen molar-refractivity contribution in [2.24, 2.45) is 0 Å². The molecule has 2 N–H and O–H groups in total. The molecule has 0 spiro atoms. The van der Waals surface area contributed by atoms with E-state index in [0.717, 1.165) is 57.8 Å². The van der Waals surface area contributed by atoms with Gasteiger partial charge >= 0.3 is 0 Å². The maximum absolute atomic E-state index is 12.0. The molecule has 2 fully saturated rings. The summed E-state index contributed by atoms with van der Waals surface area (Å²) in [6.45, 7) is 5.90. The second-order valence-corrected chi connectivity index (χ2v) is 7.29. The first-order valence-electron chi connectivity index (χ1n) is 10.0. The Hall–Kier alpha value is -2.29. The van der Waals surface area contributed by atoms with Gasteiger partial charge < -0.3 is 19.9 Å². The maximum Gasteiger partial charge on any atom is 0.237 e. The summed E-state index contributed by atoms with van der Waals surface area (Å²) in [4.78, 5) is 18.8. The van der Waals surface area contributed by atoms with E-state index >= 15 is 0 Å². The van der Waals surface area contributed by atoms with Crippen molar-refractivity contribution in [2.75, 3.05) is 39.4 Å². The molecule has 8 nitrogen and oxygen atoms in total. The largest absolute Gasteiger partial charge is 0.379 e. The lowest BCUT2D eigenvalue weighted by molar-refractivity contribution is -0.122. The number of hydrogen-bond donors (Lipinski definition) is 2. The first kappa shape index (κ1) is 19.0.